The lowest BCUT2D eigenvalue weighted by Gasteiger charge is -2.16. The Bertz CT molecular complexity index is 1000. The lowest BCUT2D eigenvalue weighted by Crippen LogP contribution is -2.13. The average molecular weight is 346 g/mol. The van der Waals surface area contributed by atoms with Crippen molar-refractivity contribution in [1.82, 2.24) is 4.98 Å². The SMILES string of the molecule is CC.O=c1c(/C=C2\CCCN=C2c2cccnc2)coc2ccccc12. The Kier molecular flexibility index (Phi) is 5.74. The van der Waals surface area contributed by atoms with Crippen molar-refractivity contribution in [1.29, 1.82) is 0 Å². The number of para-hydroxylation sites is 1. The van der Waals surface area contributed by atoms with Crippen LogP contribution in [0, 0.1) is 0 Å². The molecule has 4 rings (SSSR count). The van der Waals surface area contributed by atoms with Gasteiger partial charge < -0.3 is 4.42 Å². The molecule has 0 saturated carbocycles. The first-order valence-electron chi connectivity index (χ1n) is 8.99. The summed E-state index contributed by atoms with van der Waals surface area (Å²) in [5.74, 6) is 0. The molecular formula is C22H22N2O2. The molecule has 0 aliphatic carbocycles. The first-order chi connectivity index (χ1) is 12.8. The van der Waals surface area contributed by atoms with Crippen LogP contribution in [0.5, 0.6) is 0 Å². The highest BCUT2D eigenvalue weighted by atomic mass is 16.3. The van der Waals surface area contributed by atoms with E-state index < -0.39 is 0 Å². The van der Waals surface area contributed by atoms with Crippen LogP contribution in [-0.2, 0) is 0 Å². The van der Waals surface area contributed by atoms with Gasteiger partial charge in [-0.2, -0.15) is 0 Å². The van der Waals surface area contributed by atoms with Gasteiger partial charge in [0.15, 0.2) is 5.43 Å². The molecule has 1 aromatic carbocycles. The van der Waals surface area contributed by atoms with Crippen LogP contribution >= 0.6 is 0 Å². The van der Waals surface area contributed by atoms with Gasteiger partial charge in [-0.15, -0.1) is 0 Å². The summed E-state index contributed by atoms with van der Waals surface area (Å²) in [4.78, 5) is 21.5. The molecule has 0 atom stereocenters. The highest BCUT2D eigenvalue weighted by Crippen LogP contribution is 2.22. The van der Waals surface area contributed by atoms with Crippen molar-refractivity contribution >= 4 is 22.8 Å². The van der Waals surface area contributed by atoms with Gasteiger partial charge in [0.2, 0.25) is 0 Å². The minimum absolute atomic E-state index is 0.0135. The maximum absolute atomic E-state index is 12.7. The van der Waals surface area contributed by atoms with Gasteiger partial charge in [0, 0.05) is 24.5 Å². The first kappa shape index (κ1) is 17.8. The van der Waals surface area contributed by atoms with Crippen molar-refractivity contribution in [2.24, 2.45) is 4.99 Å². The normalized spacial score (nSPS) is 15.3. The predicted octanol–water partition coefficient (Wildman–Crippen LogP) is 4.88. The van der Waals surface area contributed by atoms with Gasteiger partial charge in [-0.1, -0.05) is 26.0 Å². The van der Waals surface area contributed by atoms with Gasteiger partial charge in [0.25, 0.3) is 0 Å². The molecule has 3 aromatic rings. The van der Waals surface area contributed by atoms with Gasteiger partial charge in [0.05, 0.1) is 16.7 Å². The summed E-state index contributed by atoms with van der Waals surface area (Å²) in [5.41, 5.74) is 4.10. The Labute approximate surface area is 152 Å². The van der Waals surface area contributed by atoms with Crippen molar-refractivity contribution in [3.63, 3.8) is 0 Å². The Morgan fingerprint density at radius 3 is 2.77 bits per heavy atom. The van der Waals surface area contributed by atoms with E-state index in [1.165, 1.54) is 6.26 Å². The summed E-state index contributed by atoms with van der Waals surface area (Å²) >= 11 is 0. The van der Waals surface area contributed by atoms with Gasteiger partial charge in [0.1, 0.15) is 11.8 Å². The number of fused-ring (bicyclic) bond motifs is 1. The molecule has 0 N–H and O–H groups in total. The Morgan fingerprint density at radius 2 is 1.96 bits per heavy atom. The summed E-state index contributed by atoms with van der Waals surface area (Å²) < 4.78 is 5.61. The summed E-state index contributed by atoms with van der Waals surface area (Å²) in [6.45, 7) is 4.80. The van der Waals surface area contributed by atoms with Gasteiger partial charge >= 0.3 is 0 Å². The highest BCUT2D eigenvalue weighted by Gasteiger charge is 2.15. The van der Waals surface area contributed by atoms with E-state index in [1.807, 2.05) is 44.2 Å². The molecule has 0 spiro atoms. The monoisotopic (exact) mass is 346 g/mol. The molecule has 0 bridgehead atoms. The van der Waals surface area contributed by atoms with Gasteiger partial charge in [-0.25, -0.2) is 0 Å². The lowest BCUT2D eigenvalue weighted by atomic mass is 9.95. The molecule has 0 amide bonds. The third kappa shape index (κ3) is 3.64. The number of benzene rings is 1. The topological polar surface area (TPSA) is 55.5 Å². The molecule has 0 unspecified atom stereocenters. The third-order valence-electron chi connectivity index (χ3n) is 4.15. The fourth-order valence-electron chi connectivity index (χ4n) is 2.98. The highest BCUT2D eigenvalue weighted by molar-refractivity contribution is 6.15. The number of rotatable bonds is 2. The van der Waals surface area contributed by atoms with Crippen LogP contribution in [0.1, 0.15) is 37.8 Å². The summed E-state index contributed by atoms with van der Waals surface area (Å²) in [6.07, 6.45) is 8.86. The second kappa shape index (κ2) is 8.39. The summed E-state index contributed by atoms with van der Waals surface area (Å²) in [5, 5.41) is 0.600. The number of hydrogen-bond donors (Lipinski definition) is 0. The van der Waals surface area contributed by atoms with E-state index in [-0.39, 0.29) is 5.43 Å². The van der Waals surface area contributed by atoms with E-state index in [2.05, 4.69) is 9.98 Å². The molecule has 0 fully saturated rings. The second-order valence-electron chi connectivity index (χ2n) is 5.76. The van der Waals surface area contributed by atoms with Crippen LogP contribution in [0.4, 0.5) is 0 Å². The van der Waals surface area contributed by atoms with E-state index in [0.29, 0.717) is 16.5 Å². The molecule has 1 aliphatic heterocycles. The van der Waals surface area contributed by atoms with Gasteiger partial charge in [-0.05, 0) is 48.8 Å². The van der Waals surface area contributed by atoms with Crippen LogP contribution < -0.4 is 5.43 Å². The predicted molar refractivity (Wildman–Crippen MR) is 107 cm³/mol. The van der Waals surface area contributed by atoms with Crippen LogP contribution in [0.25, 0.3) is 17.0 Å². The minimum Gasteiger partial charge on any atom is -0.463 e. The summed E-state index contributed by atoms with van der Waals surface area (Å²) in [6, 6.07) is 11.2. The Morgan fingerprint density at radius 1 is 1.12 bits per heavy atom. The quantitative estimate of drug-likeness (QED) is 0.664. The first-order valence-corrected chi connectivity index (χ1v) is 8.99. The van der Waals surface area contributed by atoms with Crippen LogP contribution in [-0.4, -0.2) is 17.2 Å². The molecule has 0 radical (unpaired) electrons. The number of allylic oxidation sites excluding steroid dienone is 1. The Balaban J connectivity index is 0.000000948. The molecule has 3 heterocycles. The molecule has 4 heteroatoms. The largest absolute Gasteiger partial charge is 0.463 e. The molecule has 132 valence electrons. The molecule has 1 aliphatic rings. The zero-order valence-corrected chi connectivity index (χ0v) is 15.1. The van der Waals surface area contributed by atoms with Crippen molar-refractivity contribution in [3.8, 4) is 0 Å². The van der Waals surface area contributed by atoms with E-state index in [4.69, 9.17) is 4.42 Å². The number of aliphatic imine (C=N–C) groups is 1. The van der Waals surface area contributed by atoms with Crippen molar-refractivity contribution in [2.75, 3.05) is 6.54 Å². The van der Waals surface area contributed by atoms with Crippen molar-refractivity contribution in [3.05, 3.63) is 82.0 Å². The van der Waals surface area contributed by atoms with E-state index in [0.717, 1.165) is 36.2 Å². The average Bonchev–Trinajstić information content (AvgIpc) is 2.73. The molecular weight excluding hydrogens is 324 g/mol. The smallest absolute Gasteiger partial charge is 0.199 e. The maximum Gasteiger partial charge on any atom is 0.199 e. The molecule has 26 heavy (non-hydrogen) atoms. The van der Waals surface area contributed by atoms with Crippen molar-refractivity contribution < 1.29 is 4.42 Å². The van der Waals surface area contributed by atoms with Crippen LogP contribution in [0.2, 0.25) is 0 Å². The third-order valence-corrected chi connectivity index (χ3v) is 4.15. The second-order valence-corrected chi connectivity index (χ2v) is 5.76. The zero-order chi connectivity index (χ0) is 18.4. The molecule has 2 aromatic heterocycles. The maximum atomic E-state index is 12.7. The van der Waals surface area contributed by atoms with Gasteiger partial charge in [-0.3, -0.25) is 14.8 Å². The summed E-state index contributed by atoms with van der Waals surface area (Å²) in [7, 11) is 0. The van der Waals surface area contributed by atoms with E-state index >= 15 is 0 Å². The molecule has 0 saturated heterocycles. The van der Waals surface area contributed by atoms with E-state index in [9.17, 15) is 4.79 Å². The van der Waals surface area contributed by atoms with Crippen LogP contribution in [0.15, 0.2) is 74.8 Å². The number of pyridine rings is 1. The zero-order valence-electron chi connectivity index (χ0n) is 15.1. The number of nitrogens with zero attached hydrogens (tertiary/aromatic N) is 2. The Hall–Kier alpha value is -3.01. The lowest BCUT2D eigenvalue weighted by molar-refractivity contribution is 0.601. The fraction of sp³-hybridized carbons (Fsp3) is 0.227. The minimum atomic E-state index is -0.0135. The van der Waals surface area contributed by atoms with Crippen LogP contribution in [0.3, 0.4) is 0 Å². The van der Waals surface area contributed by atoms with Crippen molar-refractivity contribution in [2.45, 2.75) is 26.7 Å². The number of aromatic nitrogens is 1. The number of hydrogen-bond acceptors (Lipinski definition) is 4. The standard InChI is InChI=1S/C20H16N2O2.C2H6/c23-20-16(13-24-18-8-2-1-7-17(18)20)11-14-5-4-10-22-19(14)15-6-3-9-21-12-15;1-2/h1-3,6-9,11-13H,4-5,10H2;1-2H3/b14-11+;. The van der Waals surface area contributed by atoms with E-state index in [1.54, 1.807) is 24.5 Å². The fourth-order valence-corrected chi connectivity index (χ4v) is 2.98. The molecule has 4 nitrogen and oxygen atoms in total.